The Morgan fingerprint density at radius 3 is 2.77 bits per heavy atom. The number of aromatic nitrogens is 4. The third kappa shape index (κ3) is 4.08. The average Bonchev–Trinajstić information content (AvgIpc) is 3.40. The molecule has 0 N–H and O–H groups in total. The molecule has 2 aromatic heterocycles. The van der Waals surface area contributed by atoms with E-state index in [1.807, 2.05) is 49.7 Å². The first kappa shape index (κ1) is 19.4. The van der Waals surface area contributed by atoms with Crippen molar-refractivity contribution in [2.24, 2.45) is 0 Å². The molecule has 0 unspecified atom stereocenters. The van der Waals surface area contributed by atoms with Crippen LogP contribution in [0.2, 0.25) is 0 Å². The van der Waals surface area contributed by atoms with Gasteiger partial charge in [0.15, 0.2) is 0 Å². The molecule has 0 spiro atoms. The molecule has 0 atom stereocenters. The first-order valence-electron chi connectivity index (χ1n) is 9.64. The molecule has 0 saturated carbocycles. The van der Waals surface area contributed by atoms with Gasteiger partial charge in [0.25, 0.3) is 5.89 Å². The molecule has 0 aliphatic rings. The zero-order valence-electron chi connectivity index (χ0n) is 17.0. The summed E-state index contributed by atoms with van der Waals surface area (Å²) in [5.74, 6) is 1.41. The third-order valence-electron chi connectivity index (χ3n) is 4.59. The smallest absolute Gasteiger partial charge is 0.258 e. The second-order valence-electron chi connectivity index (χ2n) is 7.30. The van der Waals surface area contributed by atoms with Gasteiger partial charge in [-0.25, -0.2) is 4.98 Å². The molecule has 0 saturated heterocycles. The molecule has 2 heterocycles. The summed E-state index contributed by atoms with van der Waals surface area (Å²) in [6.07, 6.45) is 5.47. The fourth-order valence-electron chi connectivity index (χ4n) is 3.22. The maximum absolute atomic E-state index is 9.44. The van der Waals surface area contributed by atoms with Crippen LogP contribution < -0.4 is 4.74 Å². The Balaban J connectivity index is 1.59. The molecule has 2 aromatic carbocycles. The number of benzene rings is 2. The van der Waals surface area contributed by atoms with E-state index in [9.17, 15) is 5.26 Å². The summed E-state index contributed by atoms with van der Waals surface area (Å²) in [7, 11) is 0. The van der Waals surface area contributed by atoms with Gasteiger partial charge in [-0.2, -0.15) is 10.2 Å². The second-order valence-corrected chi connectivity index (χ2v) is 7.30. The van der Waals surface area contributed by atoms with E-state index in [4.69, 9.17) is 9.26 Å². The molecule has 4 aromatic rings. The minimum absolute atomic E-state index is 0.0160. The Bertz CT molecular complexity index is 1200. The van der Waals surface area contributed by atoms with Crippen LogP contribution in [0.25, 0.3) is 22.8 Å². The molecule has 0 amide bonds. The number of hydrogen-bond acceptors (Lipinski definition) is 6. The molecule has 30 heavy (non-hydrogen) atoms. The van der Waals surface area contributed by atoms with Gasteiger partial charge in [-0.05, 0) is 50.1 Å². The second kappa shape index (κ2) is 8.21. The first-order valence-corrected chi connectivity index (χ1v) is 9.64. The summed E-state index contributed by atoms with van der Waals surface area (Å²) in [5.41, 5.74) is 4.23. The molecule has 0 aliphatic carbocycles. The van der Waals surface area contributed by atoms with E-state index in [2.05, 4.69) is 27.3 Å². The summed E-state index contributed by atoms with van der Waals surface area (Å²) < 4.78 is 13.2. The lowest BCUT2D eigenvalue weighted by molar-refractivity contribution is 0.242. The van der Waals surface area contributed by atoms with Crippen LogP contribution in [0, 0.1) is 18.3 Å². The minimum Gasteiger partial charge on any atom is -0.490 e. The highest BCUT2D eigenvalue weighted by Gasteiger charge is 2.15. The van der Waals surface area contributed by atoms with Crippen LogP contribution in [-0.4, -0.2) is 25.8 Å². The van der Waals surface area contributed by atoms with Gasteiger partial charge in [0.1, 0.15) is 11.8 Å². The van der Waals surface area contributed by atoms with Crippen molar-refractivity contribution < 1.29 is 9.26 Å². The predicted molar refractivity (Wildman–Crippen MR) is 112 cm³/mol. The normalized spacial score (nSPS) is 10.9. The standard InChI is InChI=1S/C23H21N5O2/c1-15(2)29-21-7-5-18(11-19(21)12-24)23-26-22(27-30-23)20-6-4-17(10-16(20)3)13-28-9-8-25-14-28/h4-11,14-15H,13H2,1-3H3. The van der Waals surface area contributed by atoms with Crippen LogP contribution in [0.1, 0.15) is 30.5 Å². The quantitative estimate of drug-likeness (QED) is 0.470. The lowest BCUT2D eigenvalue weighted by Gasteiger charge is -2.11. The van der Waals surface area contributed by atoms with Crippen LogP contribution in [0.5, 0.6) is 5.75 Å². The van der Waals surface area contributed by atoms with Crippen molar-refractivity contribution in [3.63, 3.8) is 0 Å². The van der Waals surface area contributed by atoms with Crippen molar-refractivity contribution in [3.8, 4) is 34.7 Å². The number of rotatable bonds is 6. The van der Waals surface area contributed by atoms with E-state index in [0.717, 1.165) is 23.2 Å². The fourth-order valence-corrected chi connectivity index (χ4v) is 3.22. The van der Waals surface area contributed by atoms with Crippen LogP contribution >= 0.6 is 0 Å². The highest BCUT2D eigenvalue weighted by Crippen LogP contribution is 2.29. The summed E-state index contributed by atoms with van der Waals surface area (Å²) >= 11 is 0. The Hall–Kier alpha value is -3.92. The van der Waals surface area contributed by atoms with E-state index in [-0.39, 0.29) is 6.10 Å². The van der Waals surface area contributed by atoms with Gasteiger partial charge >= 0.3 is 0 Å². The monoisotopic (exact) mass is 399 g/mol. The summed E-state index contributed by atoms with van der Waals surface area (Å²) in [5, 5.41) is 13.6. The van der Waals surface area contributed by atoms with E-state index in [1.54, 1.807) is 24.7 Å². The Kier molecular flexibility index (Phi) is 5.31. The van der Waals surface area contributed by atoms with Gasteiger partial charge in [-0.15, -0.1) is 0 Å². The fraction of sp³-hybridized carbons (Fsp3) is 0.217. The number of nitriles is 1. The van der Waals surface area contributed by atoms with Crippen LogP contribution in [-0.2, 0) is 6.54 Å². The zero-order valence-corrected chi connectivity index (χ0v) is 17.0. The van der Waals surface area contributed by atoms with Crippen molar-refractivity contribution in [3.05, 3.63) is 71.8 Å². The van der Waals surface area contributed by atoms with Crippen molar-refractivity contribution >= 4 is 0 Å². The van der Waals surface area contributed by atoms with Gasteiger partial charge in [-0.3, -0.25) is 0 Å². The highest BCUT2D eigenvalue weighted by molar-refractivity contribution is 5.65. The lowest BCUT2D eigenvalue weighted by Crippen LogP contribution is -2.06. The highest BCUT2D eigenvalue weighted by atomic mass is 16.5. The Morgan fingerprint density at radius 1 is 1.20 bits per heavy atom. The number of aryl methyl sites for hydroxylation is 1. The number of imidazole rings is 1. The molecule has 4 rings (SSSR count). The van der Waals surface area contributed by atoms with Crippen molar-refractivity contribution in [1.29, 1.82) is 5.26 Å². The van der Waals surface area contributed by atoms with Gasteiger partial charge in [0.05, 0.1) is 18.0 Å². The van der Waals surface area contributed by atoms with Crippen molar-refractivity contribution in [2.45, 2.75) is 33.4 Å². The molecule has 0 aliphatic heterocycles. The van der Waals surface area contributed by atoms with Crippen molar-refractivity contribution in [2.75, 3.05) is 0 Å². The SMILES string of the molecule is Cc1cc(Cn2ccnc2)ccc1-c1noc(-c2ccc(OC(C)C)c(C#N)c2)n1. The summed E-state index contributed by atoms with van der Waals surface area (Å²) in [6, 6.07) is 13.6. The first-order chi connectivity index (χ1) is 14.5. The number of ether oxygens (including phenoxy) is 1. The van der Waals surface area contributed by atoms with Crippen molar-refractivity contribution in [1.82, 2.24) is 19.7 Å². The summed E-state index contributed by atoms with van der Waals surface area (Å²) in [6.45, 7) is 6.61. The molecule has 7 heteroatoms. The van der Waals surface area contributed by atoms with Crippen LogP contribution in [0.3, 0.4) is 0 Å². The maximum atomic E-state index is 9.44. The zero-order chi connectivity index (χ0) is 21.1. The Morgan fingerprint density at radius 2 is 2.07 bits per heavy atom. The third-order valence-corrected chi connectivity index (χ3v) is 4.59. The van der Waals surface area contributed by atoms with Gasteiger partial charge < -0.3 is 13.8 Å². The Labute approximate surface area is 174 Å². The minimum atomic E-state index is -0.0160. The lowest BCUT2D eigenvalue weighted by atomic mass is 10.0. The molecular weight excluding hydrogens is 378 g/mol. The molecular formula is C23H21N5O2. The molecule has 0 radical (unpaired) electrons. The van der Waals surface area contributed by atoms with Gasteiger partial charge in [0, 0.05) is 30.1 Å². The van der Waals surface area contributed by atoms with E-state index in [1.165, 1.54) is 0 Å². The summed E-state index contributed by atoms with van der Waals surface area (Å²) in [4.78, 5) is 8.61. The maximum Gasteiger partial charge on any atom is 0.258 e. The molecule has 0 bridgehead atoms. The van der Waals surface area contributed by atoms with E-state index in [0.29, 0.717) is 28.6 Å². The molecule has 7 nitrogen and oxygen atoms in total. The van der Waals surface area contributed by atoms with E-state index < -0.39 is 0 Å². The molecule has 0 fully saturated rings. The van der Waals surface area contributed by atoms with Crippen LogP contribution in [0.4, 0.5) is 0 Å². The van der Waals surface area contributed by atoms with Crippen LogP contribution in [0.15, 0.2) is 59.6 Å². The number of nitrogens with zero attached hydrogens (tertiary/aromatic N) is 5. The largest absolute Gasteiger partial charge is 0.490 e. The van der Waals surface area contributed by atoms with Gasteiger partial charge in [0.2, 0.25) is 5.82 Å². The average molecular weight is 399 g/mol. The van der Waals surface area contributed by atoms with Gasteiger partial charge in [-0.1, -0.05) is 23.4 Å². The number of hydrogen-bond donors (Lipinski definition) is 0. The molecule has 150 valence electrons. The predicted octanol–water partition coefficient (Wildman–Crippen LogP) is 4.62. The van der Waals surface area contributed by atoms with E-state index >= 15 is 0 Å². The topological polar surface area (TPSA) is 89.8 Å².